The lowest BCUT2D eigenvalue weighted by molar-refractivity contribution is 0.118. The Morgan fingerprint density at radius 1 is 1.00 bits per heavy atom. The molecule has 3 rings (SSSR count). The molecule has 0 radical (unpaired) electrons. The second kappa shape index (κ2) is 8.38. The maximum atomic E-state index is 12.4. The summed E-state index contributed by atoms with van der Waals surface area (Å²) in [6, 6.07) is 8.10. The Bertz CT molecular complexity index is 533. The van der Waals surface area contributed by atoms with Crippen molar-refractivity contribution in [2.75, 3.05) is 23.3 Å². The molecule has 1 heterocycles. The summed E-state index contributed by atoms with van der Waals surface area (Å²) in [4.78, 5) is 14.8. The highest BCUT2D eigenvalue weighted by atomic mass is 16.3. The number of hydrogen-bond donors (Lipinski definition) is 3. The molecule has 2 fully saturated rings. The molecule has 132 valence electrons. The van der Waals surface area contributed by atoms with E-state index >= 15 is 0 Å². The van der Waals surface area contributed by atoms with Crippen molar-refractivity contribution >= 4 is 17.4 Å². The first-order chi connectivity index (χ1) is 11.7. The molecule has 0 aromatic heterocycles. The lowest BCUT2D eigenvalue weighted by Crippen LogP contribution is -2.41. The molecule has 1 aliphatic carbocycles. The Labute approximate surface area is 144 Å². The fourth-order valence-electron chi connectivity index (χ4n) is 3.73. The molecular weight excluding hydrogens is 302 g/mol. The van der Waals surface area contributed by atoms with E-state index in [1.807, 2.05) is 18.2 Å². The van der Waals surface area contributed by atoms with Gasteiger partial charge in [0.2, 0.25) is 0 Å². The average molecular weight is 331 g/mol. The molecule has 1 saturated carbocycles. The molecule has 3 N–H and O–H groups in total. The number of amides is 2. The largest absolute Gasteiger partial charge is 0.393 e. The van der Waals surface area contributed by atoms with Gasteiger partial charge in [-0.3, -0.25) is 0 Å². The number of benzene rings is 1. The highest BCUT2D eigenvalue weighted by molar-refractivity contribution is 5.93. The minimum Gasteiger partial charge on any atom is -0.393 e. The third-order valence-corrected chi connectivity index (χ3v) is 5.13. The molecule has 1 aliphatic heterocycles. The number of carbonyl (C=O) groups excluding carboxylic acids is 1. The lowest BCUT2D eigenvalue weighted by atomic mass is 9.93. The van der Waals surface area contributed by atoms with Gasteiger partial charge in [0.1, 0.15) is 0 Å². The molecule has 24 heavy (non-hydrogen) atoms. The number of aliphatic hydroxyl groups is 1. The van der Waals surface area contributed by atoms with Gasteiger partial charge in [0.25, 0.3) is 0 Å². The third-order valence-electron chi connectivity index (χ3n) is 5.13. The van der Waals surface area contributed by atoms with Crippen LogP contribution in [0.4, 0.5) is 16.2 Å². The first-order valence-electron chi connectivity index (χ1n) is 9.32. The number of nitrogens with one attached hydrogen (secondary N) is 2. The van der Waals surface area contributed by atoms with E-state index in [0.717, 1.165) is 50.1 Å². The molecule has 2 aliphatic rings. The maximum Gasteiger partial charge on any atom is 0.319 e. The summed E-state index contributed by atoms with van der Waals surface area (Å²) >= 11 is 0. The van der Waals surface area contributed by atoms with Crippen LogP contribution < -0.4 is 15.5 Å². The Morgan fingerprint density at radius 2 is 1.67 bits per heavy atom. The number of aliphatic hydroxyl groups excluding tert-OH is 1. The molecular formula is C19H29N3O2. The van der Waals surface area contributed by atoms with Crippen molar-refractivity contribution in [3.63, 3.8) is 0 Å². The molecule has 0 atom stereocenters. The Morgan fingerprint density at radius 3 is 2.38 bits per heavy atom. The summed E-state index contributed by atoms with van der Waals surface area (Å²) in [5.74, 6) is 0. The third kappa shape index (κ3) is 4.63. The van der Waals surface area contributed by atoms with Crippen molar-refractivity contribution < 1.29 is 9.90 Å². The van der Waals surface area contributed by atoms with Crippen LogP contribution >= 0.6 is 0 Å². The second-order valence-electron chi connectivity index (χ2n) is 7.02. The minimum absolute atomic E-state index is 0.140. The van der Waals surface area contributed by atoms with Crippen LogP contribution in [0.5, 0.6) is 0 Å². The standard InChI is InChI=1S/C19H29N3O2/c23-16-11-9-15(10-12-16)20-19(24)21-17-7-3-4-8-18(17)22-13-5-1-2-6-14-22/h3-4,7-8,15-16,23H,1-2,5-6,9-14H2,(H2,20,21,24). The van der Waals surface area contributed by atoms with Gasteiger partial charge in [-0.1, -0.05) is 25.0 Å². The van der Waals surface area contributed by atoms with Crippen LogP contribution in [0.3, 0.4) is 0 Å². The van der Waals surface area contributed by atoms with Gasteiger partial charge < -0.3 is 20.6 Å². The molecule has 0 bridgehead atoms. The van der Waals surface area contributed by atoms with Gasteiger partial charge in [0.05, 0.1) is 17.5 Å². The van der Waals surface area contributed by atoms with E-state index in [1.165, 1.54) is 25.7 Å². The molecule has 0 spiro atoms. The van der Waals surface area contributed by atoms with Crippen molar-refractivity contribution in [2.45, 2.75) is 63.5 Å². The monoisotopic (exact) mass is 331 g/mol. The normalized spacial score (nSPS) is 25.0. The SMILES string of the molecule is O=C(Nc1ccccc1N1CCCCCC1)NC1CCC(O)CC1. The van der Waals surface area contributed by atoms with Crippen LogP contribution in [0.2, 0.25) is 0 Å². The fourth-order valence-corrected chi connectivity index (χ4v) is 3.73. The van der Waals surface area contributed by atoms with Gasteiger partial charge in [-0.2, -0.15) is 0 Å². The van der Waals surface area contributed by atoms with Crippen molar-refractivity contribution in [1.29, 1.82) is 0 Å². The van der Waals surface area contributed by atoms with Gasteiger partial charge >= 0.3 is 6.03 Å². The highest BCUT2D eigenvalue weighted by Gasteiger charge is 2.21. The van der Waals surface area contributed by atoms with Crippen LogP contribution in [-0.4, -0.2) is 36.4 Å². The summed E-state index contributed by atoms with van der Waals surface area (Å²) in [6.45, 7) is 2.11. The summed E-state index contributed by atoms with van der Waals surface area (Å²) in [5, 5.41) is 15.6. The number of rotatable bonds is 3. The quantitative estimate of drug-likeness (QED) is 0.794. The molecule has 1 saturated heterocycles. The topological polar surface area (TPSA) is 64.6 Å². The van der Waals surface area contributed by atoms with Crippen molar-refractivity contribution in [3.8, 4) is 0 Å². The van der Waals surface area contributed by atoms with E-state index in [1.54, 1.807) is 0 Å². The first kappa shape index (κ1) is 17.1. The molecule has 1 aromatic carbocycles. The van der Waals surface area contributed by atoms with E-state index in [2.05, 4.69) is 21.6 Å². The first-order valence-corrected chi connectivity index (χ1v) is 9.32. The van der Waals surface area contributed by atoms with E-state index in [0.29, 0.717) is 0 Å². The van der Waals surface area contributed by atoms with Crippen molar-refractivity contribution in [3.05, 3.63) is 24.3 Å². The number of urea groups is 1. The van der Waals surface area contributed by atoms with E-state index in [-0.39, 0.29) is 18.2 Å². The number of carbonyl (C=O) groups is 1. The van der Waals surface area contributed by atoms with Crippen molar-refractivity contribution in [2.24, 2.45) is 0 Å². The minimum atomic E-state index is -0.199. The lowest BCUT2D eigenvalue weighted by Gasteiger charge is -2.28. The Kier molecular flexibility index (Phi) is 5.96. The predicted octanol–water partition coefficient (Wildman–Crippen LogP) is 3.49. The van der Waals surface area contributed by atoms with Gasteiger partial charge in [-0.25, -0.2) is 4.79 Å². The van der Waals surface area contributed by atoms with Gasteiger partial charge in [0, 0.05) is 19.1 Å². The highest BCUT2D eigenvalue weighted by Crippen LogP contribution is 2.28. The average Bonchev–Trinajstić information content (AvgIpc) is 2.87. The molecule has 0 unspecified atom stereocenters. The van der Waals surface area contributed by atoms with Crippen LogP contribution in [0.25, 0.3) is 0 Å². The van der Waals surface area contributed by atoms with E-state index in [4.69, 9.17) is 0 Å². The predicted molar refractivity (Wildman–Crippen MR) is 97.5 cm³/mol. The smallest absolute Gasteiger partial charge is 0.319 e. The Balaban J connectivity index is 1.61. The zero-order valence-corrected chi connectivity index (χ0v) is 14.3. The summed E-state index contributed by atoms with van der Waals surface area (Å²) in [6.07, 6.45) is 8.06. The maximum absolute atomic E-state index is 12.4. The fraction of sp³-hybridized carbons (Fsp3) is 0.632. The summed E-state index contributed by atoms with van der Waals surface area (Å²) < 4.78 is 0. The van der Waals surface area contributed by atoms with Crippen LogP contribution in [-0.2, 0) is 0 Å². The zero-order valence-electron chi connectivity index (χ0n) is 14.3. The number of hydrogen-bond acceptors (Lipinski definition) is 3. The zero-order chi connectivity index (χ0) is 16.8. The number of para-hydroxylation sites is 2. The van der Waals surface area contributed by atoms with Gasteiger partial charge in [-0.05, 0) is 50.7 Å². The molecule has 2 amide bonds. The number of nitrogens with zero attached hydrogens (tertiary/aromatic N) is 1. The van der Waals surface area contributed by atoms with Gasteiger partial charge in [0.15, 0.2) is 0 Å². The van der Waals surface area contributed by atoms with Crippen LogP contribution in [0.1, 0.15) is 51.4 Å². The summed E-state index contributed by atoms with van der Waals surface area (Å²) in [5.41, 5.74) is 2.00. The molecule has 5 nitrogen and oxygen atoms in total. The number of anilines is 2. The van der Waals surface area contributed by atoms with E-state index < -0.39 is 0 Å². The Hall–Kier alpha value is -1.75. The molecule has 5 heteroatoms. The second-order valence-corrected chi connectivity index (χ2v) is 7.02. The van der Waals surface area contributed by atoms with Crippen LogP contribution in [0.15, 0.2) is 24.3 Å². The van der Waals surface area contributed by atoms with Crippen molar-refractivity contribution in [1.82, 2.24) is 5.32 Å². The van der Waals surface area contributed by atoms with E-state index in [9.17, 15) is 9.90 Å². The van der Waals surface area contributed by atoms with Gasteiger partial charge in [-0.15, -0.1) is 0 Å². The van der Waals surface area contributed by atoms with Crippen LogP contribution in [0, 0.1) is 0 Å². The molecule has 1 aromatic rings. The summed E-state index contributed by atoms with van der Waals surface area (Å²) in [7, 11) is 0.